The van der Waals surface area contributed by atoms with Crippen LogP contribution in [0.25, 0.3) is 0 Å². The van der Waals surface area contributed by atoms with Crippen LogP contribution < -0.4 is 20.1 Å². The van der Waals surface area contributed by atoms with Crippen molar-refractivity contribution in [2.45, 2.75) is 6.54 Å². The molecule has 2 N–H and O–H groups in total. The van der Waals surface area contributed by atoms with E-state index in [-0.39, 0.29) is 0 Å². The van der Waals surface area contributed by atoms with E-state index in [0.29, 0.717) is 39.1 Å². The highest BCUT2D eigenvalue weighted by Gasteiger charge is 2.10. The molecule has 0 radical (unpaired) electrons. The van der Waals surface area contributed by atoms with Gasteiger partial charge in [0.25, 0.3) is 0 Å². The summed E-state index contributed by atoms with van der Waals surface area (Å²) in [6.45, 7) is 0.392. The zero-order valence-corrected chi connectivity index (χ0v) is 17.4. The van der Waals surface area contributed by atoms with Gasteiger partial charge >= 0.3 is 0 Å². The van der Waals surface area contributed by atoms with Crippen LogP contribution in [-0.4, -0.2) is 34.1 Å². The molecule has 1 heterocycles. The molecule has 3 rings (SSSR count). The van der Waals surface area contributed by atoms with Crippen molar-refractivity contribution in [3.05, 3.63) is 58.3 Å². The molecule has 0 unspecified atom stereocenters. The van der Waals surface area contributed by atoms with E-state index in [1.54, 1.807) is 55.6 Å². The van der Waals surface area contributed by atoms with E-state index in [2.05, 4.69) is 20.7 Å². The number of nitrogens with zero attached hydrogens (tertiary/aromatic N) is 3. The molecule has 0 atom stereocenters. The third-order valence-corrected chi connectivity index (χ3v) is 4.70. The molecule has 146 valence electrons. The average molecular weight is 438 g/mol. The molecule has 0 aliphatic carbocycles. The van der Waals surface area contributed by atoms with Gasteiger partial charge in [-0.25, -0.2) is 9.67 Å². The highest BCUT2D eigenvalue weighted by molar-refractivity contribution is 7.80. The molecule has 2 aromatic carbocycles. The van der Waals surface area contributed by atoms with Gasteiger partial charge in [0.15, 0.2) is 16.6 Å². The molecular formula is C18H17Cl2N5O2S. The minimum Gasteiger partial charge on any atom is -0.493 e. The van der Waals surface area contributed by atoms with Gasteiger partial charge < -0.3 is 14.8 Å². The van der Waals surface area contributed by atoms with Crippen LogP contribution in [0.5, 0.6) is 11.5 Å². The molecular weight excluding hydrogens is 421 g/mol. The fourth-order valence-corrected chi connectivity index (χ4v) is 3.18. The summed E-state index contributed by atoms with van der Waals surface area (Å²) in [4.78, 5) is 4.20. The number of thiocarbonyl (C=S) groups is 1. The molecule has 0 aliphatic heterocycles. The molecule has 0 aliphatic rings. The monoisotopic (exact) mass is 437 g/mol. The predicted molar refractivity (Wildman–Crippen MR) is 115 cm³/mol. The maximum atomic E-state index is 6.20. The normalized spacial score (nSPS) is 10.4. The Labute approximate surface area is 177 Å². The summed E-state index contributed by atoms with van der Waals surface area (Å²) < 4.78 is 12.1. The number of nitrogens with one attached hydrogen (secondary N) is 2. The summed E-state index contributed by atoms with van der Waals surface area (Å²) in [5, 5.41) is 11.8. The van der Waals surface area contributed by atoms with Gasteiger partial charge in [0.1, 0.15) is 6.33 Å². The van der Waals surface area contributed by atoms with Crippen molar-refractivity contribution in [3.63, 3.8) is 0 Å². The van der Waals surface area contributed by atoms with Gasteiger partial charge in [0, 0.05) is 27.4 Å². The number of methoxy groups -OCH3 is 2. The first kappa shape index (κ1) is 20.2. The largest absolute Gasteiger partial charge is 0.493 e. The summed E-state index contributed by atoms with van der Waals surface area (Å²) in [5.41, 5.74) is 1.51. The highest BCUT2D eigenvalue weighted by atomic mass is 35.5. The third-order valence-electron chi connectivity index (χ3n) is 3.79. The summed E-state index contributed by atoms with van der Waals surface area (Å²) in [7, 11) is 3.15. The number of halogens is 2. The van der Waals surface area contributed by atoms with E-state index in [1.807, 2.05) is 6.07 Å². The first-order valence-electron chi connectivity index (χ1n) is 8.12. The van der Waals surface area contributed by atoms with Crippen LogP contribution in [0.15, 0.2) is 42.7 Å². The van der Waals surface area contributed by atoms with Gasteiger partial charge in [-0.15, -0.1) is 5.10 Å². The fraction of sp³-hybridized carbons (Fsp3) is 0.167. The zero-order valence-electron chi connectivity index (χ0n) is 15.1. The molecule has 3 aromatic rings. The molecule has 28 heavy (non-hydrogen) atoms. The van der Waals surface area contributed by atoms with Crippen molar-refractivity contribution in [2.75, 3.05) is 24.9 Å². The Morgan fingerprint density at radius 1 is 1.07 bits per heavy atom. The molecule has 1 aromatic heterocycles. The van der Waals surface area contributed by atoms with Crippen molar-refractivity contribution in [2.24, 2.45) is 0 Å². The van der Waals surface area contributed by atoms with Crippen LogP contribution in [0.4, 0.5) is 11.6 Å². The molecule has 0 bridgehead atoms. The molecule has 0 amide bonds. The van der Waals surface area contributed by atoms with Crippen LogP contribution in [0.1, 0.15) is 5.56 Å². The molecule has 0 saturated heterocycles. The first-order valence-corrected chi connectivity index (χ1v) is 9.29. The number of ether oxygens (including phenoxy) is 2. The van der Waals surface area contributed by atoms with Crippen LogP contribution in [0, 0.1) is 0 Å². The second-order valence-corrected chi connectivity index (χ2v) is 6.84. The van der Waals surface area contributed by atoms with Gasteiger partial charge in [0.2, 0.25) is 5.95 Å². The topological polar surface area (TPSA) is 73.2 Å². The second kappa shape index (κ2) is 9.09. The quantitative estimate of drug-likeness (QED) is 0.551. The van der Waals surface area contributed by atoms with E-state index < -0.39 is 0 Å². The van der Waals surface area contributed by atoms with Crippen LogP contribution in [0.2, 0.25) is 10.0 Å². The van der Waals surface area contributed by atoms with Crippen LogP contribution >= 0.6 is 35.4 Å². The second-order valence-electron chi connectivity index (χ2n) is 5.61. The van der Waals surface area contributed by atoms with Crippen LogP contribution in [-0.2, 0) is 6.54 Å². The third kappa shape index (κ3) is 4.83. The van der Waals surface area contributed by atoms with E-state index in [0.717, 1.165) is 11.3 Å². The standard InChI is InChI=1S/C18H17Cl2N5O2S/c1-26-15-7-6-11(8-16(15)27-2)22-18(28)23-17-21-10-25(24-17)9-12-13(19)4-3-5-14(12)20/h3-8,10H,9H2,1-2H3,(H2,22,23,24,28). The Kier molecular flexibility index (Phi) is 6.56. The number of hydrogen-bond acceptors (Lipinski definition) is 5. The van der Waals surface area contributed by atoms with Crippen molar-refractivity contribution >= 4 is 52.2 Å². The van der Waals surface area contributed by atoms with E-state index >= 15 is 0 Å². The first-order chi connectivity index (χ1) is 13.5. The summed E-state index contributed by atoms with van der Waals surface area (Å²) in [5.74, 6) is 1.57. The smallest absolute Gasteiger partial charge is 0.248 e. The summed E-state index contributed by atoms with van der Waals surface area (Å²) in [6.07, 6.45) is 1.57. The van der Waals surface area contributed by atoms with Gasteiger partial charge in [-0.1, -0.05) is 29.3 Å². The fourth-order valence-electron chi connectivity index (χ4n) is 2.45. The summed E-state index contributed by atoms with van der Waals surface area (Å²) >= 11 is 17.7. The van der Waals surface area contributed by atoms with Crippen LogP contribution in [0.3, 0.4) is 0 Å². The van der Waals surface area contributed by atoms with E-state index in [4.69, 9.17) is 44.9 Å². The minimum absolute atomic E-state index is 0.334. The minimum atomic E-state index is 0.334. The Hall–Kier alpha value is -2.55. The van der Waals surface area contributed by atoms with Crippen molar-refractivity contribution in [1.29, 1.82) is 0 Å². The maximum absolute atomic E-state index is 6.20. The maximum Gasteiger partial charge on any atom is 0.248 e. The lowest BCUT2D eigenvalue weighted by molar-refractivity contribution is 0.355. The van der Waals surface area contributed by atoms with Gasteiger partial charge in [-0.3, -0.25) is 5.32 Å². The average Bonchev–Trinajstić information content (AvgIpc) is 3.11. The number of hydrogen-bond donors (Lipinski definition) is 2. The van der Waals surface area contributed by atoms with E-state index in [9.17, 15) is 0 Å². The molecule has 10 heteroatoms. The Morgan fingerprint density at radius 2 is 1.79 bits per heavy atom. The van der Waals surface area contributed by atoms with E-state index in [1.165, 1.54) is 0 Å². The van der Waals surface area contributed by atoms with Crippen molar-refractivity contribution in [3.8, 4) is 11.5 Å². The van der Waals surface area contributed by atoms with Gasteiger partial charge in [-0.2, -0.15) is 0 Å². The number of rotatable bonds is 6. The SMILES string of the molecule is COc1ccc(NC(=S)Nc2ncn(Cc3c(Cl)cccc3Cl)n2)cc1OC. The molecule has 0 spiro atoms. The zero-order chi connectivity index (χ0) is 20.1. The number of benzene rings is 2. The van der Waals surface area contributed by atoms with Gasteiger partial charge in [-0.05, 0) is 36.5 Å². The molecule has 0 fully saturated rings. The Bertz CT molecular complexity index is 976. The summed E-state index contributed by atoms with van der Waals surface area (Å²) in [6, 6.07) is 10.7. The lowest BCUT2D eigenvalue weighted by Crippen LogP contribution is -2.20. The molecule has 7 nitrogen and oxygen atoms in total. The lowest BCUT2D eigenvalue weighted by Gasteiger charge is -2.12. The Morgan fingerprint density at radius 3 is 2.46 bits per heavy atom. The molecule has 0 saturated carbocycles. The number of anilines is 2. The lowest BCUT2D eigenvalue weighted by atomic mass is 10.2. The highest BCUT2D eigenvalue weighted by Crippen LogP contribution is 2.29. The predicted octanol–water partition coefficient (Wildman–Crippen LogP) is 4.46. The number of aromatic nitrogens is 3. The Balaban J connectivity index is 1.64. The van der Waals surface area contributed by atoms with Crippen molar-refractivity contribution in [1.82, 2.24) is 14.8 Å². The van der Waals surface area contributed by atoms with Gasteiger partial charge in [0.05, 0.1) is 20.8 Å². The van der Waals surface area contributed by atoms with Crippen molar-refractivity contribution < 1.29 is 9.47 Å².